The molecule has 5 nitrogen and oxygen atoms in total. The molecule has 0 saturated heterocycles. The van der Waals surface area contributed by atoms with Crippen LogP contribution in [0.2, 0.25) is 0 Å². The number of ether oxygens (including phenoxy) is 2. The van der Waals surface area contributed by atoms with E-state index in [0.29, 0.717) is 18.4 Å². The van der Waals surface area contributed by atoms with Crippen molar-refractivity contribution in [3.8, 4) is 5.75 Å². The Morgan fingerprint density at radius 1 is 1.12 bits per heavy atom. The molecule has 3 rings (SSSR count). The van der Waals surface area contributed by atoms with Crippen molar-refractivity contribution < 1.29 is 24.5 Å². The summed E-state index contributed by atoms with van der Waals surface area (Å²) in [7, 11) is 0. The Morgan fingerprint density at radius 3 is 2.72 bits per heavy atom. The van der Waals surface area contributed by atoms with Gasteiger partial charge >= 0.3 is 5.97 Å². The number of carbonyl (C=O) groups excluding carboxylic acids is 1. The number of esters is 1. The van der Waals surface area contributed by atoms with E-state index in [9.17, 15) is 15.0 Å². The van der Waals surface area contributed by atoms with E-state index in [1.165, 1.54) is 24.0 Å². The van der Waals surface area contributed by atoms with E-state index in [0.717, 1.165) is 63.5 Å². The molecule has 2 N–H and O–H groups in total. The van der Waals surface area contributed by atoms with Gasteiger partial charge in [-0.2, -0.15) is 0 Å². The molecule has 1 saturated carbocycles. The highest BCUT2D eigenvalue weighted by Crippen LogP contribution is 2.48. The SMILES string of the molecule is CCCCC[C@H](O)CC[C@@H]1[C@H]2Cc3cccc(OCC(=O)OCCCC)c3C[C@H]2C[C@H]1O. The highest BCUT2D eigenvalue weighted by atomic mass is 16.6. The van der Waals surface area contributed by atoms with Gasteiger partial charge in [0.2, 0.25) is 0 Å². The Labute approximate surface area is 193 Å². The topological polar surface area (TPSA) is 76.0 Å². The molecule has 1 aromatic carbocycles. The number of hydrogen-bond donors (Lipinski definition) is 2. The van der Waals surface area contributed by atoms with Crippen LogP contribution in [-0.4, -0.2) is 41.6 Å². The van der Waals surface area contributed by atoms with E-state index in [1.54, 1.807) is 0 Å². The highest BCUT2D eigenvalue weighted by Gasteiger charge is 2.44. The summed E-state index contributed by atoms with van der Waals surface area (Å²) in [5.41, 5.74) is 2.45. The molecule has 0 aromatic heterocycles. The van der Waals surface area contributed by atoms with Crippen LogP contribution in [0.5, 0.6) is 5.75 Å². The molecule has 0 aliphatic heterocycles. The molecule has 1 fully saturated rings. The zero-order chi connectivity index (χ0) is 22.9. The minimum Gasteiger partial charge on any atom is -0.482 e. The number of aliphatic hydroxyl groups excluding tert-OH is 2. The zero-order valence-electron chi connectivity index (χ0n) is 19.9. The molecule has 5 atom stereocenters. The van der Waals surface area contributed by atoms with Crippen LogP contribution in [0.15, 0.2) is 18.2 Å². The van der Waals surface area contributed by atoms with Gasteiger partial charge in [0.25, 0.3) is 0 Å². The molecule has 2 aliphatic carbocycles. The van der Waals surface area contributed by atoms with Crippen molar-refractivity contribution in [2.24, 2.45) is 17.8 Å². The van der Waals surface area contributed by atoms with Gasteiger partial charge in [-0.05, 0) is 79.9 Å². The normalized spacial score (nSPS) is 25.1. The van der Waals surface area contributed by atoms with Gasteiger partial charge in [0, 0.05) is 0 Å². The minimum absolute atomic E-state index is 0.0601. The van der Waals surface area contributed by atoms with Crippen LogP contribution in [0.25, 0.3) is 0 Å². The second kappa shape index (κ2) is 12.6. The molecular weight excluding hydrogens is 404 g/mol. The number of carbonyl (C=O) groups is 1. The maximum absolute atomic E-state index is 11.9. The average Bonchev–Trinajstić information content (AvgIpc) is 3.09. The molecule has 0 heterocycles. The lowest BCUT2D eigenvalue weighted by molar-refractivity contribution is -0.146. The first-order valence-corrected chi connectivity index (χ1v) is 12.8. The molecule has 0 radical (unpaired) electrons. The summed E-state index contributed by atoms with van der Waals surface area (Å²) in [4.78, 5) is 11.9. The maximum Gasteiger partial charge on any atom is 0.344 e. The van der Waals surface area contributed by atoms with Crippen LogP contribution in [0.4, 0.5) is 0 Å². The van der Waals surface area contributed by atoms with Crippen molar-refractivity contribution in [3.63, 3.8) is 0 Å². The van der Waals surface area contributed by atoms with Crippen LogP contribution in [-0.2, 0) is 22.4 Å². The molecular formula is C27H42O5. The molecule has 5 heteroatoms. The van der Waals surface area contributed by atoms with Crippen LogP contribution in [0.3, 0.4) is 0 Å². The number of hydrogen-bond acceptors (Lipinski definition) is 5. The third-order valence-electron chi connectivity index (χ3n) is 7.43. The van der Waals surface area contributed by atoms with E-state index in [4.69, 9.17) is 9.47 Å². The predicted molar refractivity (Wildman–Crippen MR) is 126 cm³/mol. The van der Waals surface area contributed by atoms with Crippen molar-refractivity contribution in [1.82, 2.24) is 0 Å². The molecule has 2 aliphatic rings. The zero-order valence-corrected chi connectivity index (χ0v) is 19.9. The van der Waals surface area contributed by atoms with E-state index in [1.807, 2.05) is 12.1 Å². The van der Waals surface area contributed by atoms with Crippen LogP contribution in [0, 0.1) is 17.8 Å². The standard InChI is InChI=1S/C27H42O5/c1-3-5-7-10-21(28)12-13-22-23-15-19-9-8-11-26(24(19)16-20(23)17-25(22)29)32-18-27(30)31-14-6-4-2/h8-9,11,20-23,25,28-29H,3-7,10,12-18H2,1-2H3/t20-,21-,22+,23-,25+/m0/s1. The molecule has 0 unspecified atom stereocenters. The van der Waals surface area contributed by atoms with Crippen molar-refractivity contribution in [1.29, 1.82) is 0 Å². The van der Waals surface area contributed by atoms with E-state index >= 15 is 0 Å². The van der Waals surface area contributed by atoms with Crippen molar-refractivity contribution in [3.05, 3.63) is 29.3 Å². The lowest BCUT2D eigenvalue weighted by atomic mass is 9.73. The minimum atomic E-state index is -0.321. The monoisotopic (exact) mass is 446 g/mol. The van der Waals surface area contributed by atoms with E-state index in [2.05, 4.69) is 19.9 Å². The van der Waals surface area contributed by atoms with Crippen LogP contribution in [0.1, 0.15) is 82.8 Å². The predicted octanol–water partition coefficient (Wildman–Crippen LogP) is 4.84. The fourth-order valence-corrected chi connectivity index (χ4v) is 5.61. The van der Waals surface area contributed by atoms with E-state index < -0.39 is 0 Å². The summed E-state index contributed by atoms with van der Waals surface area (Å²) < 4.78 is 11.1. The Hall–Kier alpha value is -1.59. The summed E-state index contributed by atoms with van der Waals surface area (Å²) in [5.74, 6) is 1.60. The van der Waals surface area contributed by atoms with Gasteiger partial charge < -0.3 is 19.7 Å². The number of rotatable bonds is 13. The largest absolute Gasteiger partial charge is 0.482 e. The summed E-state index contributed by atoms with van der Waals surface area (Å²) in [6.45, 7) is 4.63. The maximum atomic E-state index is 11.9. The molecule has 0 amide bonds. The second-order valence-corrected chi connectivity index (χ2v) is 9.78. The van der Waals surface area contributed by atoms with Gasteiger partial charge in [-0.25, -0.2) is 4.79 Å². The summed E-state index contributed by atoms with van der Waals surface area (Å²) in [5, 5.41) is 21.1. The molecule has 0 bridgehead atoms. The third-order valence-corrected chi connectivity index (χ3v) is 7.43. The second-order valence-electron chi connectivity index (χ2n) is 9.78. The van der Waals surface area contributed by atoms with Crippen molar-refractivity contribution in [2.45, 2.75) is 96.7 Å². The van der Waals surface area contributed by atoms with E-state index in [-0.39, 0.29) is 30.7 Å². The van der Waals surface area contributed by atoms with Gasteiger partial charge in [0.15, 0.2) is 6.61 Å². The quantitative estimate of drug-likeness (QED) is 0.335. The lowest BCUT2D eigenvalue weighted by Gasteiger charge is -2.32. The summed E-state index contributed by atoms with van der Waals surface area (Å²) in [6, 6.07) is 6.09. The number of aliphatic hydroxyl groups is 2. The van der Waals surface area contributed by atoms with Crippen LogP contribution < -0.4 is 4.74 Å². The van der Waals surface area contributed by atoms with Gasteiger partial charge in [-0.15, -0.1) is 0 Å². The number of unbranched alkanes of at least 4 members (excludes halogenated alkanes) is 3. The van der Waals surface area contributed by atoms with Gasteiger partial charge in [0.05, 0.1) is 18.8 Å². The van der Waals surface area contributed by atoms with Gasteiger partial charge in [-0.3, -0.25) is 0 Å². The smallest absolute Gasteiger partial charge is 0.344 e. The van der Waals surface area contributed by atoms with Crippen molar-refractivity contribution in [2.75, 3.05) is 13.2 Å². The summed E-state index contributed by atoms with van der Waals surface area (Å²) >= 11 is 0. The first-order chi connectivity index (χ1) is 15.5. The molecule has 0 spiro atoms. The third kappa shape index (κ3) is 6.71. The average molecular weight is 447 g/mol. The Balaban J connectivity index is 1.56. The molecule has 180 valence electrons. The number of fused-ring (bicyclic) bond motifs is 2. The Bertz CT molecular complexity index is 718. The first-order valence-electron chi connectivity index (χ1n) is 12.8. The lowest BCUT2D eigenvalue weighted by Crippen LogP contribution is -2.28. The molecule has 32 heavy (non-hydrogen) atoms. The van der Waals surface area contributed by atoms with Gasteiger partial charge in [0.1, 0.15) is 5.75 Å². The fraction of sp³-hybridized carbons (Fsp3) is 0.741. The van der Waals surface area contributed by atoms with Crippen molar-refractivity contribution >= 4 is 5.97 Å². The summed E-state index contributed by atoms with van der Waals surface area (Å²) in [6.07, 6.45) is 9.93. The highest BCUT2D eigenvalue weighted by molar-refractivity contribution is 5.71. The van der Waals surface area contributed by atoms with Gasteiger partial charge in [-0.1, -0.05) is 51.7 Å². The molecule has 1 aromatic rings. The first kappa shape index (κ1) is 25.0. The Kier molecular flexibility index (Phi) is 9.86. The van der Waals surface area contributed by atoms with Crippen LogP contribution >= 0.6 is 0 Å². The Morgan fingerprint density at radius 2 is 1.94 bits per heavy atom. The number of benzene rings is 1. The fourth-order valence-electron chi connectivity index (χ4n) is 5.61.